The van der Waals surface area contributed by atoms with E-state index in [1.807, 2.05) is 0 Å². The second kappa shape index (κ2) is 19.3. The van der Waals surface area contributed by atoms with Crippen LogP contribution in [0.3, 0.4) is 0 Å². The van der Waals surface area contributed by atoms with Gasteiger partial charge < -0.3 is 40.4 Å². The highest BCUT2D eigenvalue weighted by molar-refractivity contribution is 7.47. The highest BCUT2D eigenvalue weighted by Crippen LogP contribution is 2.49. The Labute approximate surface area is 331 Å². The third-order valence-electron chi connectivity index (χ3n) is 9.33. The average Bonchev–Trinajstić information content (AvgIpc) is 3.89. The lowest BCUT2D eigenvalue weighted by Crippen LogP contribution is -2.46. The molecule has 3 aromatic heterocycles. The van der Waals surface area contributed by atoms with Gasteiger partial charge >= 0.3 is 27.7 Å². The van der Waals surface area contributed by atoms with Crippen LogP contribution in [0.5, 0.6) is 0 Å². The number of anilines is 2. The number of phosphoric acid groups is 1. The smallest absolute Gasteiger partial charge is 0.458 e. The van der Waals surface area contributed by atoms with Gasteiger partial charge in [0.1, 0.15) is 67.2 Å². The third kappa shape index (κ3) is 11.0. The number of nitrogens with two attached hydrogens (primary N) is 2. The summed E-state index contributed by atoms with van der Waals surface area (Å²) >= 11 is 0. The molecule has 0 saturated carbocycles. The molecule has 316 valence electrons. The lowest BCUT2D eigenvalue weighted by atomic mass is 10.1. The van der Waals surface area contributed by atoms with Gasteiger partial charge in [-0.3, -0.25) is 27.8 Å². The molecule has 0 aliphatic carbocycles. The molecule has 9 atom stereocenters. The molecule has 2 fully saturated rings. The molecule has 0 aromatic carbocycles. The molecule has 2 amide bonds. The lowest BCUT2D eigenvalue weighted by molar-refractivity contribution is -0.162. The predicted octanol–water partition coefficient (Wildman–Crippen LogP) is 0.565. The van der Waals surface area contributed by atoms with Crippen molar-refractivity contribution in [2.75, 3.05) is 45.8 Å². The molecular formula is C32H45N10O14P2+. The van der Waals surface area contributed by atoms with Gasteiger partial charge in [0.25, 0.3) is 0 Å². The van der Waals surface area contributed by atoms with E-state index in [2.05, 4.69) is 26.5 Å². The Bertz CT molecular complexity index is 2100. The SMILES string of the molecule is C=CCCC(=O)N(C)[C@@H](CCC(=O)N(C)C)C(=O)OC1C[C@H](n2cnc3c(N)ncnc32)O[C@@H]1COP(=O)(O)O[C@H]1C[C@H](n2ccc(N)nc2=O)O[C@@H]1CO[P+](=O)O. The largest absolute Gasteiger partial charge is 0.694 e. The van der Waals surface area contributed by atoms with Crippen LogP contribution in [-0.2, 0) is 51.3 Å². The number of hydrogen-bond donors (Lipinski definition) is 4. The second-order valence-electron chi connectivity index (χ2n) is 13.4. The van der Waals surface area contributed by atoms with Crippen LogP contribution in [0.25, 0.3) is 11.2 Å². The molecule has 24 nitrogen and oxygen atoms in total. The van der Waals surface area contributed by atoms with Crippen molar-refractivity contribution in [3.8, 4) is 0 Å². The summed E-state index contributed by atoms with van der Waals surface area (Å²) in [5, 5.41) is 0. The minimum absolute atomic E-state index is 0.0483. The number of carbonyl (C=O) groups excluding carboxylic acids is 3. The van der Waals surface area contributed by atoms with Gasteiger partial charge in [0.05, 0.1) is 12.9 Å². The van der Waals surface area contributed by atoms with Crippen LogP contribution in [-0.4, -0.2) is 131 Å². The molecule has 0 spiro atoms. The maximum atomic E-state index is 13.9. The first-order valence-corrected chi connectivity index (χ1v) is 20.4. The fraction of sp³-hybridized carbons (Fsp3) is 0.562. The number of nitrogen functional groups attached to an aromatic ring is 2. The van der Waals surface area contributed by atoms with Crippen molar-refractivity contribution in [3.63, 3.8) is 0 Å². The zero-order chi connectivity index (χ0) is 42.3. The molecule has 58 heavy (non-hydrogen) atoms. The fourth-order valence-corrected chi connectivity index (χ4v) is 7.50. The molecule has 2 aliphatic heterocycles. The molecule has 5 rings (SSSR count). The molecule has 5 heterocycles. The number of allylic oxidation sites excluding steroid dienone is 1. The van der Waals surface area contributed by atoms with Crippen LogP contribution in [0.4, 0.5) is 11.6 Å². The number of rotatable bonds is 19. The van der Waals surface area contributed by atoms with Gasteiger partial charge in [-0.1, -0.05) is 6.08 Å². The molecule has 2 saturated heterocycles. The van der Waals surface area contributed by atoms with E-state index in [4.69, 9.17) is 39.2 Å². The molecule has 0 radical (unpaired) electrons. The zero-order valence-corrected chi connectivity index (χ0v) is 33.5. The van der Waals surface area contributed by atoms with Crippen LogP contribution in [0.15, 0.2) is 42.4 Å². The lowest BCUT2D eigenvalue weighted by Gasteiger charge is -2.29. The first kappa shape index (κ1) is 44.3. The Morgan fingerprint density at radius 1 is 1.07 bits per heavy atom. The number of esters is 1. The number of likely N-dealkylation sites (N-methyl/N-ethyl adjacent to an activating group) is 1. The van der Waals surface area contributed by atoms with Crippen molar-refractivity contribution in [2.24, 2.45) is 0 Å². The van der Waals surface area contributed by atoms with Crippen LogP contribution < -0.4 is 17.2 Å². The Morgan fingerprint density at radius 3 is 2.43 bits per heavy atom. The summed E-state index contributed by atoms with van der Waals surface area (Å²) in [4.78, 5) is 90.7. The summed E-state index contributed by atoms with van der Waals surface area (Å²) in [7, 11) is -3.64. The van der Waals surface area contributed by atoms with Crippen molar-refractivity contribution in [1.82, 2.24) is 38.9 Å². The number of fused-ring (bicyclic) bond motifs is 1. The van der Waals surface area contributed by atoms with Crippen molar-refractivity contribution in [3.05, 3.63) is 48.1 Å². The van der Waals surface area contributed by atoms with Crippen LogP contribution in [0, 0.1) is 0 Å². The monoisotopic (exact) mass is 855 g/mol. The Morgan fingerprint density at radius 2 is 1.76 bits per heavy atom. The first-order valence-electron chi connectivity index (χ1n) is 17.8. The molecule has 26 heteroatoms. The summed E-state index contributed by atoms with van der Waals surface area (Å²) in [6, 6.07) is 0.120. The first-order chi connectivity index (χ1) is 27.5. The van der Waals surface area contributed by atoms with Gasteiger partial charge in [0, 0.05) is 57.6 Å². The van der Waals surface area contributed by atoms with E-state index in [0.29, 0.717) is 6.42 Å². The highest BCUT2D eigenvalue weighted by atomic mass is 31.2. The number of hydrogen-bond acceptors (Lipinski definition) is 18. The number of ether oxygens (including phenoxy) is 3. The van der Waals surface area contributed by atoms with Crippen LogP contribution in [0.1, 0.15) is 51.0 Å². The topological polar surface area (TPSA) is 318 Å². The highest BCUT2D eigenvalue weighted by Gasteiger charge is 2.46. The molecule has 3 aromatic rings. The third-order valence-corrected chi connectivity index (χ3v) is 10.7. The van der Waals surface area contributed by atoms with E-state index in [0.717, 1.165) is 4.57 Å². The number of phosphoric ester groups is 1. The van der Waals surface area contributed by atoms with E-state index >= 15 is 0 Å². The number of carbonyl (C=O) groups is 3. The molecule has 2 aliphatic rings. The Balaban J connectivity index is 1.36. The van der Waals surface area contributed by atoms with Gasteiger partial charge in [-0.25, -0.2) is 29.1 Å². The number of nitrogens with zero attached hydrogens (tertiary/aromatic N) is 8. The number of amides is 2. The summed E-state index contributed by atoms with van der Waals surface area (Å²) < 4.78 is 60.9. The quantitative estimate of drug-likeness (QED) is 0.0727. The van der Waals surface area contributed by atoms with Gasteiger partial charge in [0.15, 0.2) is 11.5 Å². The Kier molecular flexibility index (Phi) is 14.8. The second-order valence-corrected chi connectivity index (χ2v) is 15.6. The van der Waals surface area contributed by atoms with Gasteiger partial charge in [-0.15, -0.1) is 16.0 Å². The molecule has 0 bridgehead atoms. The van der Waals surface area contributed by atoms with E-state index < -0.39 is 89.8 Å². The predicted molar refractivity (Wildman–Crippen MR) is 200 cm³/mol. The molecular weight excluding hydrogens is 810 g/mol. The normalized spacial score (nSPS) is 23.6. The fourth-order valence-electron chi connectivity index (χ4n) is 6.27. The van der Waals surface area contributed by atoms with Crippen molar-refractivity contribution >= 4 is 56.7 Å². The summed E-state index contributed by atoms with van der Waals surface area (Å²) in [6.45, 7) is 2.35. The number of aromatic nitrogens is 6. The molecule has 3 unspecified atom stereocenters. The zero-order valence-electron chi connectivity index (χ0n) is 31.7. The summed E-state index contributed by atoms with van der Waals surface area (Å²) in [5.74, 6) is -1.53. The van der Waals surface area contributed by atoms with Crippen LogP contribution >= 0.6 is 16.1 Å². The maximum absolute atomic E-state index is 13.9. The van der Waals surface area contributed by atoms with E-state index in [-0.39, 0.29) is 60.8 Å². The Hall–Kier alpha value is -4.77. The van der Waals surface area contributed by atoms with E-state index in [1.165, 1.54) is 46.3 Å². The van der Waals surface area contributed by atoms with Gasteiger partial charge in [-0.05, 0) is 18.9 Å². The molecule has 6 N–H and O–H groups in total. The van der Waals surface area contributed by atoms with Gasteiger partial charge in [0.2, 0.25) is 11.8 Å². The average molecular weight is 856 g/mol. The van der Waals surface area contributed by atoms with Crippen molar-refractivity contribution < 1.29 is 61.1 Å². The van der Waals surface area contributed by atoms with Crippen molar-refractivity contribution in [1.29, 1.82) is 0 Å². The maximum Gasteiger partial charge on any atom is 0.694 e. The van der Waals surface area contributed by atoms with Crippen molar-refractivity contribution in [2.45, 2.75) is 81.4 Å². The van der Waals surface area contributed by atoms with Gasteiger partial charge in [-0.2, -0.15) is 4.98 Å². The van der Waals surface area contributed by atoms with Crippen LogP contribution in [0.2, 0.25) is 0 Å². The minimum atomic E-state index is -5.07. The minimum Gasteiger partial charge on any atom is -0.458 e. The summed E-state index contributed by atoms with van der Waals surface area (Å²) in [6.07, 6.45) is -1.67. The van der Waals surface area contributed by atoms with E-state index in [9.17, 15) is 38.1 Å². The number of imidazole rings is 1. The standard InChI is InChI=1S/C32H44N10O14P2/c1-5-6-7-25(44)40(4)18(8-9-24(43)39(2)3)31(45)55-19-12-27(42-17-37-28-29(34)35-16-36-30(28)42)54-22(19)15-52-58(49,50)56-20-13-26(53-21(20)14-51-57(47)48)41-11-10-23(33)38-32(41)46/h5,10-11,16-22,26-27H,1,6-9,12-15H2,2-4H3,(H5-,33,34,35,36,38,46,47,48,49,50)/p+1/t18-,19?,20-,21+,22+,26+,27+/m0/s1. The van der Waals surface area contributed by atoms with E-state index in [1.54, 1.807) is 20.2 Å². The summed E-state index contributed by atoms with van der Waals surface area (Å²) in [5.41, 5.74) is 11.3.